The summed E-state index contributed by atoms with van der Waals surface area (Å²) in [6, 6.07) is 13.5. The Balaban J connectivity index is 1.74. The molecule has 4 aromatic rings. The standard InChI is InChI=1S/C17H15BN6/c18-15-5-4-13(9-20-15)22-16-6-7-24-17(23-16)14(10-21-24)11-2-1-3-12(19)8-11/h1-10H,18-19H2,(H,22,23). The van der Waals surface area contributed by atoms with Gasteiger partial charge in [-0.25, -0.2) is 9.50 Å². The topological polar surface area (TPSA) is 81.1 Å². The number of nitrogens with two attached hydrogens (primary N) is 1. The van der Waals surface area contributed by atoms with Crippen LogP contribution in [0, 0.1) is 0 Å². The van der Waals surface area contributed by atoms with E-state index >= 15 is 0 Å². The van der Waals surface area contributed by atoms with Gasteiger partial charge in [0, 0.05) is 23.6 Å². The quantitative estimate of drug-likeness (QED) is 0.441. The van der Waals surface area contributed by atoms with Crippen LogP contribution in [-0.4, -0.2) is 27.4 Å². The number of nitrogens with zero attached hydrogens (tertiary/aromatic N) is 4. The Hall–Kier alpha value is -3.35. The highest BCUT2D eigenvalue weighted by Gasteiger charge is 2.09. The molecule has 0 unspecified atom stereocenters. The zero-order valence-corrected chi connectivity index (χ0v) is 13.1. The molecule has 0 aliphatic carbocycles. The molecule has 0 bridgehead atoms. The minimum Gasteiger partial charge on any atom is -0.399 e. The van der Waals surface area contributed by atoms with E-state index in [1.54, 1.807) is 16.9 Å². The van der Waals surface area contributed by atoms with Crippen molar-refractivity contribution in [3.63, 3.8) is 0 Å². The molecule has 3 heterocycles. The van der Waals surface area contributed by atoms with Crippen LogP contribution >= 0.6 is 0 Å². The number of aromatic nitrogens is 4. The van der Waals surface area contributed by atoms with Crippen molar-refractivity contribution in [2.45, 2.75) is 0 Å². The molecule has 0 aliphatic rings. The van der Waals surface area contributed by atoms with Gasteiger partial charge in [-0.05, 0) is 41.5 Å². The maximum atomic E-state index is 5.89. The van der Waals surface area contributed by atoms with E-state index in [0.717, 1.165) is 33.9 Å². The van der Waals surface area contributed by atoms with Gasteiger partial charge in [-0.3, -0.25) is 4.98 Å². The highest BCUT2D eigenvalue weighted by molar-refractivity contribution is 6.30. The molecule has 7 heteroatoms. The molecular weight excluding hydrogens is 299 g/mol. The Kier molecular flexibility index (Phi) is 3.38. The molecule has 0 saturated carbocycles. The third-order valence-electron chi connectivity index (χ3n) is 3.75. The summed E-state index contributed by atoms with van der Waals surface area (Å²) in [5.41, 5.74) is 11.2. The Morgan fingerprint density at radius 2 is 2.00 bits per heavy atom. The molecule has 24 heavy (non-hydrogen) atoms. The Labute approximate surface area is 139 Å². The zero-order chi connectivity index (χ0) is 16.5. The Bertz CT molecular complexity index is 1010. The number of rotatable bonds is 3. The average molecular weight is 314 g/mol. The summed E-state index contributed by atoms with van der Waals surface area (Å²) in [4.78, 5) is 8.96. The van der Waals surface area contributed by atoms with Crippen molar-refractivity contribution in [1.29, 1.82) is 0 Å². The minimum atomic E-state index is 0.715. The Morgan fingerprint density at radius 3 is 2.79 bits per heavy atom. The third kappa shape index (κ3) is 2.67. The molecule has 0 atom stereocenters. The number of nitrogen functional groups attached to an aromatic ring is 1. The second-order valence-electron chi connectivity index (χ2n) is 5.58. The largest absolute Gasteiger partial charge is 0.399 e. The van der Waals surface area contributed by atoms with Gasteiger partial charge in [0.25, 0.3) is 0 Å². The van der Waals surface area contributed by atoms with E-state index in [0.29, 0.717) is 5.69 Å². The van der Waals surface area contributed by atoms with Crippen molar-refractivity contribution in [2.24, 2.45) is 0 Å². The lowest BCUT2D eigenvalue weighted by Gasteiger charge is -2.06. The van der Waals surface area contributed by atoms with Crippen molar-refractivity contribution in [3.05, 3.63) is 61.1 Å². The fourth-order valence-electron chi connectivity index (χ4n) is 2.54. The van der Waals surface area contributed by atoms with E-state index in [4.69, 9.17) is 5.73 Å². The summed E-state index contributed by atoms with van der Waals surface area (Å²) < 4.78 is 1.75. The van der Waals surface area contributed by atoms with E-state index in [1.165, 1.54) is 0 Å². The van der Waals surface area contributed by atoms with E-state index in [9.17, 15) is 0 Å². The van der Waals surface area contributed by atoms with Crippen LogP contribution in [0.15, 0.2) is 61.1 Å². The normalized spacial score (nSPS) is 10.8. The molecule has 0 aliphatic heterocycles. The van der Waals surface area contributed by atoms with Gasteiger partial charge in [0.2, 0.25) is 0 Å². The van der Waals surface area contributed by atoms with Crippen LogP contribution in [-0.2, 0) is 0 Å². The molecule has 0 radical (unpaired) electrons. The Morgan fingerprint density at radius 1 is 1.08 bits per heavy atom. The van der Waals surface area contributed by atoms with Gasteiger partial charge < -0.3 is 11.1 Å². The van der Waals surface area contributed by atoms with E-state index in [1.807, 2.05) is 56.5 Å². The summed E-state index contributed by atoms with van der Waals surface area (Å²) >= 11 is 0. The monoisotopic (exact) mass is 314 g/mol. The third-order valence-corrected chi connectivity index (χ3v) is 3.75. The predicted molar refractivity (Wildman–Crippen MR) is 98.5 cm³/mol. The molecule has 0 spiro atoms. The van der Waals surface area contributed by atoms with Crippen LogP contribution in [0.4, 0.5) is 17.2 Å². The minimum absolute atomic E-state index is 0.715. The molecule has 3 aromatic heterocycles. The van der Waals surface area contributed by atoms with Gasteiger partial charge in [-0.1, -0.05) is 12.1 Å². The molecule has 116 valence electrons. The molecule has 6 nitrogen and oxygen atoms in total. The number of anilines is 3. The summed E-state index contributed by atoms with van der Waals surface area (Å²) in [6.45, 7) is 0. The van der Waals surface area contributed by atoms with Gasteiger partial charge in [-0.2, -0.15) is 5.10 Å². The molecule has 0 saturated heterocycles. The predicted octanol–water partition coefficient (Wildman–Crippen LogP) is 1.38. The van der Waals surface area contributed by atoms with Crippen LogP contribution in [0.5, 0.6) is 0 Å². The fourth-order valence-corrected chi connectivity index (χ4v) is 2.54. The number of nitrogens with one attached hydrogen (secondary N) is 1. The number of fused-ring (bicyclic) bond motifs is 1. The van der Waals surface area contributed by atoms with E-state index in [-0.39, 0.29) is 0 Å². The van der Waals surface area contributed by atoms with E-state index in [2.05, 4.69) is 20.4 Å². The summed E-state index contributed by atoms with van der Waals surface area (Å²) in [6.07, 6.45) is 5.47. The highest BCUT2D eigenvalue weighted by Crippen LogP contribution is 2.26. The van der Waals surface area contributed by atoms with Crippen LogP contribution < -0.4 is 16.6 Å². The van der Waals surface area contributed by atoms with Crippen molar-refractivity contribution in [2.75, 3.05) is 11.1 Å². The molecule has 4 rings (SSSR count). The zero-order valence-electron chi connectivity index (χ0n) is 13.1. The van der Waals surface area contributed by atoms with Gasteiger partial charge >= 0.3 is 0 Å². The van der Waals surface area contributed by atoms with Gasteiger partial charge in [0.15, 0.2) is 13.5 Å². The first kappa shape index (κ1) is 14.3. The number of pyridine rings is 1. The van der Waals surface area contributed by atoms with Crippen molar-refractivity contribution < 1.29 is 0 Å². The van der Waals surface area contributed by atoms with Crippen molar-refractivity contribution in [3.8, 4) is 11.1 Å². The average Bonchev–Trinajstić information content (AvgIpc) is 3.00. The van der Waals surface area contributed by atoms with E-state index < -0.39 is 0 Å². The second-order valence-corrected chi connectivity index (χ2v) is 5.58. The molecular formula is C17H15BN6. The molecule has 0 fully saturated rings. The van der Waals surface area contributed by atoms with Crippen LogP contribution in [0.1, 0.15) is 0 Å². The first-order valence-corrected chi connectivity index (χ1v) is 7.59. The smallest absolute Gasteiger partial charge is 0.165 e. The van der Waals surface area contributed by atoms with Gasteiger partial charge in [0.05, 0.1) is 11.9 Å². The molecule has 0 amide bonds. The summed E-state index contributed by atoms with van der Waals surface area (Å²) in [7, 11) is 1.96. The SMILES string of the molecule is Bc1ccc(Nc2ccn3ncc(-c4cccc(N)c4)c3n2)cn1. The number of benzene rings is 1. The van der Waals surface area contributed by atoms with Crippen LogP contribution in [0.3, 0.4) is 0 Å². The lowest BCUT2D eigenvalue weighted by atomic mass is 10.0. The second kappa shape index (κ2) is 5.70. The van der Waals surface area contributed by atoms with Crippen LogP contribution in [0.2, 0.25) is 0 Å². The van der Waals surface area contributed by atoms with Gasteiger partial charge in [0.1, 0.15) is 5.82 Å². The number of hydrogen-bond acceptors (Lipinski definition) is 5. The number of hydrogen-bond donors (Lipinski definition) is 2. The molecule has 1 aromatic carbocycles. The lowest BCUT2D eigenvalue weighted by molar-refractivity contribution is 0.941. The van der Waals surface area contributed by atoms with Crippen molar-refractivity contribution in [1.82, 2.24) is 19.6 Å². The highest BCUT2D eigenvalue weighted by atomic mass is 15.2. The molecule has 3 N–H and O–H groups in total. The summed E-state index contributed by atoms with van der Waals surface area (Å²) in [5.74, 6) is 0.735. The van der Waals surface area contributed by atoms with Crippen molar-refractivity contribution >= 4 is 36.3 Å². The first-order valence-electron chi connectivity index (χ1n) is 7.59. The summed E-state index contributed by atoms with van der Waals surface area (Å²) in [5, 5.41) is 7.62. The maximum absolute atomic E-state index is 5.89. The van der Waals surface area contributed by atoms with Crippen LogP contribution in [0.25, 0.3) is 16.8 Å². The lowest BCUT2D eigenvalue weighted by Crippen LogP contribution is -2.07. The maximum Gasteiger partial charge on any atom is 0.165 e. The fraction of sp³-hybridized carbons (Fsp3) is 0. The first-order chi connectivity index (χ1) is 11.7. The van der Waals surface area contributed by atoms with Gasteiger partial charge in [-0.15, -0.1) is 0 Å².